The van der Waals surface area contributed by atoms with Gasteiger partial charge in [0.25, 0.3) is 0 Å². The van der Waals surface area contributed by atoms with Crippen LogP contribution in [-0.2, 0) is 9.47 Å². The number of piperazine rings is 1. The Bertz CT molecular complexity index is 1480. The van der Waals surface area contributed by atoms with Gasteiger partial charge >= 0.3 is 6.09 Å². The lowest BCUT2D eigenvalue weighted by atomic mass is 10.0. The highest BCUT2D eigenvalue weighted by Gasteiger charge is 2.33. The molecule has 2 aliphatic heterocycles. The molecule has 1 aromatic carbocycles. The van der Waals surface area contributed by atoms with Crippen molar-refractivity contribution in [3.05, 3.63) is 48.9 Å². The number of benzene rings is 1. The number of carbonyl (C=O) groups is 1. The lowest BCUT2D eigenvalue weighted by Gasteiger charge is -2.45. The van der Waals surface area contributed by atoms with Crippen LogP contribution in [0.2, 0.25) is 0 Å². The zero-order valence-electron chi connectivity index (χ0n) is 22.5. The minimum absolute atomic E-state index is 0.120. The maximum Gasteiger partial charge on any atom is 0.409 e. The molecule has 1 amide bonds. The number of methoxy groups -OCH3 is 1. The summed E-state index contributed by atoms with van der Waals surface area (Å²) >= 11 is 0. The van der Waals surface area contributed by atoms with Gasteiger partial charge < -0.3 is 25.0 Å². The molecule has 39 heavy (non-hydrogen) atoms. The van der Waals surface area contributed by atoms with E-state index < -0.39 is 0 Å². The minimum atomic E-state index is -0.286. The molecule has 6 rings (SSSR count). The van der Waals surface area contributed by atoms with Crippen molar-refractivity contribution in [2.75, 3.05) is 44.0 Å². The second kappa shape index (κ2) is 10.2. The van der Waals surface area contributed by atoms with Crippen LogP contribution in [0.4, 0.5) is 16.3 Å². The summed E-state index contributed by atoms with van der Waals surface area (Å²) in [6.45, 7) is 6.92. The number of nitrogen functional groups attached to an aromatic ring is 1. The molecule has 2 atom stereocenters. The van der Waals surface area contributed by atoms with Gasteiger partial charge in [-0.05, 0) is 51.0 Å². The zero-order valence-corrected chi connectivity index (χ0v) is 22.5. The van der Waals surface area contributed by atoms with Crippen LogP contribution in [-0.4, -0.2) is 80.9 Å². The van der Waals surface area contributed by atoms with Gasteiger partial charge in [0, 0.05) is 61.4 Å². The molecule has 0 bridgehead atoms. The third-order valence-electron chi connectivity index (χ3n) is 7.86. The van der Waals surface area contributed by atoms with Crippen LogP contribution in [0.3, 0.4) is 0 Å². The number of nitrogens with zero attached hydrogens (tertiary/aromatic N) is 7. The summed E-state index contributed by atoms with van der Waals surface area (Å²) in [7, 11) is 1.43. The third kappa shape index (κ3) is 4.46. The van der Waals surface area contributed by atoms with Gasteiger partial charge in [0.05, 0.1) is 24.5 Å². The van der Waals surface area contributed by atoms with Crippen molar-refractivity contribution in [3.8, 4) is 22.5 Å². The summed E-state index contributed by atoms with van der Waals surface area (Å²) in [6, 6.07) is 13.1. The number of rotatable bonds is 4. The highest BCUT2D eigenvalue weighted by atomic mass is 16.5. The number of amides is 1. The highest BCUT2D eigenvalue weighted by molar-refractivity contribution is 5.91. The summed E-state index contributed by atoms with van der Waals surface area (Å²) in [5.74, 6) is 0.420. The SMILES string of the molecule is COC(=O)N1CC(C)N(c2cccc(-c3cc(-c4ccnn4C4CCOCC4)c4c(N)ncnn34)c2)C(C)C1. The molecule has 2 aliphatic rings. The Morgan fingerprint density at radius 3 is 2.56 bits per heavy atom. The van der Waals surface area contributed by atoms with E-state index in [9.17, 15) is 4.79 Å². The summed E-state index contributed by atoms with van der Waals surface area (Å²) in [5.41, 5.74) is 12.2. The van der Waals surface area contributed by atoms with E-state index in [4.69, 9.17) is 15.2 Å². The molecule has 2 fully saturated rings. The van der Waals surface area contributed by atoms with Crippen molar-refractivity contribution >= 4 is 23.1 Å². The predicted octanol–water partition coefficient (Wildman–Crippen LogP) is 3.86. The van der Waals surface area contributed by atoms with E-state index in [2.05, 4.69) is 68.9 Å². The lowest BCUT2D eigenvalue weighted by molar-refractivity contribution is 0.0667. The number of nitrogens with two attached hydrogens (primary N) is 1. The summed E-state index contributed by atoms with van der Waals surface area (Å²) < 4.78 is 14.5. The number of aromatic nitrogens is 5. The Labute approximate surface area is 227 Å². The lowest BCUT2D eigenvalue weighted by Crippen LogP contribution is -2.58. The number of hydrogen-bond donors (Lipinski definition) is 1. The molecule has 2 saturated heterocycles. The molecule has 0 spiro atoms. The molecule has 0 saturated carbocycles. The Balaban J connectivity index is 1.40. The highest BCUT2D eigenvalue weighted by Crippen LogP contribution is 2.38. The van der Waals surface area contributed by atoms with Crippen molar-refractivity contribution in [1.82, 2.24) is 29.3 Å². The van der Waals surface area contributed by atoms with Crippen LogP contribution in [0.15, 0.2) is 48.9 Å². The van der Waals surface area contributed by atoms with Gasteiger partial charge in [-0.1, -0.05) is 12.1 Å². The van der Waals surface area contributed by atoms with Crippen molar-refractivity contribution in [2.45, 2.75) is 44.8 Å². The minimum Gasteiger partial charge on any atom is -0.453 e. The molecule has 11 nitrogen and oxygen atoms in total. The second-order valence-corrected chi connectivity index (χ2v) is 10.4. The van der Waals surface area contributed by atoms with E-state index in [1.54, 1.807) is 4.90 Å². The maximum absolute atomic E-state index is 12.2. The van der Waals surface area contributed by atoms with E-state index in [-0.39, 0.29) is 24.2 Å². The van der Waals surface area contributed by atoms with Crippen molar-refractivity contribution in [1.29, 1.82) is 0 Å². The number of anilines is 2. The fourth-order valence-corrected chi connectivity index (χ4v) is 6.15. The van der Waals surface area contributed by atoms with Gasteiger partial charge in [-0.15, -0.1) is 0 Å². The smallest absolute Gasteiger partial charge is 0.409 e. The Hall–Kier alpha value is -4.12. The fraction of sp³-hybridized carbons (Fsp3) is 0.429. The van der Waals surface area contributed by atoms with Crippen molar-refractivity contribution in [3.63, 3.8) is 0 Å². The Morgan fingerprint density at radius 1 is 1.05 bits per heavy atom. The summed E-state index contributed by atoms with van der Waals surface area (Å²) in [5, 5.41) is 9.28. The molecule has 11 heteroatoms. The number of carbonyl (C=O) groups excluding carboxylic acids is 1. The first-order valence-corrected chi connectivity index (χ1v) is 13.4. The van der Waals surface area contributed by atoms with Crippen LogP contribution in [0, 0.1) is 0 Å². The number of hydrogen-bond acceptors (Lipinski definition) is 8. The molecule has 5 heterocycles. The molecule has 0 radical (unpaired) electrons. The summed E-state index contributed by atoms with van der Waals surface area (Å²) in [6.07, 6.45) is 4.88. The van der Waals surface area contributed by atoms with Gasteiger partial charge in [0.2, 0.25) is 0 Å². The first-order valence-electron chi connectivity index (χ1n) is 13.4. The first kappa shape index (κ1) is 25.2. The topological polar surface area (TPSA) is 116 Å². The van der Waals surface area contributed by atoms with E-state index in [1.165, 1.54) is 13.4 Å². The number of fused-ring (bicyclic) bond motifs is 1. The Morgan fingerprint density at radius 2 is 1.82 bits per heavy atom. The van der Waals surface area contributed by atoms with Crippen LogP contribution in [0.5, 0.6) is 0 Å². The standard InChI is InChI=1S/C28H34N8O3/c1-18-15-33(28(37)38-3)16-19(2)34(18)22-6-4-5-20(13-22)25-14-23(26-27(29)30-17-32-36(25)26)24-7-10-31-35(24)21-8-11-39-12-9-21/h4-7,10,13-14,17-19,21H,8-9,11-12,15-16H2,1-3H3,(H2,29,30,32). The molecule has 3 aromatic heterocycles. The second-order valence-electron chi connectivity index (χ2n) is 10.4. The fourth-order valence-electron chi connectivity index (χ4n) is 6.15. The Kier molecular flexibility index (Phi) is 6.59. The third-order valence-corrected chi connectivity index (χ3v) is 7.86. The average molecular weight is 531 g/mol. The largest absolute Gasteiger partial charge is 0.453 e. The van der Waals surface area contributed by atoms with Gasteiger partial charge in [-0.3, -0.25) is 4.68 Å². The molecule has 204 valence electrons. The van der Waals surface area contributed by atoms with Crippen LogP contribution < -0.4 is 10.6 Å². The monoisotopic (exact) mass is 530 g/mol. The van der Waals surface area contributed by atoms with E-state index in [1.807, 2.05) is 16.8 Å². The molecular weight excluding hydrogens is 496 g/mol. The maximum atomic E-state index is 12.2. The van der Waals surface area contributed by atoms with Crippen molar-refractivity contribution < 1.29 is 14.3 Å². The number of ether oxygens (including phenoxy) is 2. The van der Waals surface area contributed by atoms with Crippen molar-refractivity contribution in [2.24, 2.45) is 0 Å². The quantitative estimate of drug-likeness (QED) is 0.423. The average Bonchev–Trinajstić information content (AvgIpc) is 3.59. The summed E-state index contributed by atoms with van der Waals surface area (Å²) in [4.78, 5) is 20.6. The van der Waals surface area contributed by atoms with E-state index >= 15 is 0 Å². The van der Waals surface area contributed by atoms with Gasteiger partial charge in [-0.25, -0.2) is 14.3 Å². The van der Waals surface area contributed by atoms with Crippen LogP contribution in [0.1, 0.15) is 32.7 Å². The molecule has 2 unspecified atom stereocenters. The van der Waals surface area contributed by atoms with Gasteiger partial charge in [-0.2, -0.15) is 10.2 Å². The van der Waals surface area contributed by atoms with Crippen LogP contribution >= 0.6 is 0 Å². The molecule has 0 aliphatic carbocycles. The van der Waals surface area contributed by atoms with E-state index in [0.29, 0.717) is 18.9 Å². The molecular formula is C28H34N8O3. The molecule has 2 N–H and O–H groups in total. The predicted molar refractivity (Wildman–Crippen MR) is 149 cm³/mol. The molecule has 4 aromatic rings. The normalized spacial score (nSPS) is 20.5. The van der Waals surface area contributed by atoms with Crippen LogP contribution in [0.25, 0.3) is 28.0 Å². The van der Waals surface area contributed by atoms with Gasteiger partial charge in [0.15, 0.2) is 5.82 Å². The first-order chi connectivity index (χ1) is 19.0. The zero-order chi connectivity index (χ0) is 27.1. The van der Waals surface area contributed by atoms with Gasteiger partial charge in [0.1, 0.15) is 11.8 Å². The van der Waals surface area contributed by atoms with E-state index in [0.717, 1.165) is 59.8 Å².